The number of carbonyl (C=O) groups excluding carboxylic acids is 3. The summed E-state index contributed by atoms with van der Waals surface area (Å²) < 4.78 is 0. The van der Waals surface area contributed by atoms with Gasteiger partial charge >= 0.3 is 5.97 Å². The van der Waals surface area contributed by atoms with Crippen LogP contribution in [0.4, 0.5) is 0 Å². The van der Waals surface area contributed by atoms with E-state index < -0.39 is 48.4 Å². The van der Waals surface area contributed by atoms with Crippen molar-refractivity contribution in [3.05, 3.63) is 29.8 Å². The predicted molar refractivity (Wildman–Crippen MR) is 119 cm³/mol. The summed E-state index contributed by atoms with van der Waals surface area (Å²) in [5.41, 5.74) is 6.48. The molecule has 0 saturated heterocycles. The molecule has 0 aliphatic carbocycles. The largest absolute Gasteiger partial charge is 0.508 e. The minimum Gasteiger partial charge on any atom is -0.508 e. The molecule has 10 nitrogen and oxygen atoms in total. The van der Waals surface area contributed by atoms with Crippen molar-refractivity contribution in [3.8, 4) is 5.75 Å². The lowest BCUT2D eigenvalue weighted by molar-refractivity contribution is -0.141. The summed E-state index contributed by atoms with van der Waals surface area (Å²) in [6, 6.07) is 3.11. The monoisotopic (exact) mass is 450 g/mol. The third kappa shape index (κ3) is 9.34. The Hall–Kier alpha value is -3.14. The van der Waals surface area contributed by atoms with Crippen LogP contribution in [-0.4, -0.2) is 58.6 Å². The summed E-state index contributed by atoms with van der Waals surface area (Å²) in [6.45, 7) is 6.91. The van der Waals surface area contributed by atoms with Crippen LogP contribution in [0.15, 0.2) is 24.3 Å². The number of phenols is 1. The lowest BCUT2D eigenvalue weighted by atomic mass is 10.0. The van der Waals surface area contributed by atoms with Crippen LogP contribution in [0.5, 0.6) is 5.75 Å². The SMILES string of the molecule is CC(C)CC(N)C(=O)NC(C(=O)NCC(=O)NC(Cc1ccc(O)cc1)C(=O)O)C(C)C. The van der Waals surface area contributed by atoms with E-state index in [9.17, 15) is 29.4 Å². The quantitative estimate of drug-likeness (QED) is 0.263. The number of rotatable bonds is 12. The van der Waals surface area contributed by atoms with Gasteiger partial charge in [0.25, 0.3) is 0 Å². The minimum atomic E-state index is -1.23. The van der Waals surface area contributed by atoms with Crippen LogP contribution in [0.25, 0.3) is 0 Å². The number of carbonyl (C=O) groups is 4. The third-order valence-electron chi connectivity index (χ3n) is 4.74. The molecule has 1 aromatic carbocycles. The fourth-order valence-corrected chi connectivity index (χ4v) is 3.00. The Kier molecular flexibility index (Phi) is 10.6. The van der Waals surface area contributed by atoms with Gasteiger partial charge in [-0.15, -0.1) is 0 Å². The fourth-order valence-electron chi connectivity index (χ4n) is 3.00. The van der Waals surface area contributed by atoms with E-state index in [0.29, 0.717) is 12.0 Å². The van der Waals surface area contributed by atoms with Crippen molar-refractivity contribution in [2.75, 3.05) is 6.54 Å². The van der Waals surface area contributed by atoms with Crippen LogP contribution in [0.3, 0.4) is 0 Å². The Labute approximate surface area is 187 Å². The van der Waals surface area contributed by atoms with Crippen molar-refractivity contribution in [1.29, 1.82) is 0 Å². The number of carboxylic acids is 1. The Balaban J connectivity index is 2.64. The number of nitrogens with one attached hydrogen (secondary N) is 3. The lowest BCUT2D eigenvalue weighted by Crippen LogP contribution is -2.55. The molecule has 3 unspecified atom stereocenters. The van der Waals surface area contributed by atoms with Gasteiger partial charge < -0.3 is 31.9 Å². The highest BCUT2D eigenvalue weighted by molar-refractivity contribution is 5.92. The van der Waals surface area contributed by atoms with Crippen LogP contribution < -0.4 is 21.7 Å². The highest BCUT2D eigenvalue weighted by atomic mass is 16.4. The average molecular weight is 451 g/mol. The highest BCUT2D eigenvalue weighted by Gasteiger charge is 2.27. The second-order valence-corrected chi connectivity index (χ2v) is 8.51. The smallest absolute Gasteiger partial charge is 0.326 e. The first-order chi connectivity index (χ1) is 14.9. The number of nitrogens with two attached hydrogens (primary N) is 1. The van der Waals surface area contributed by atoms with Crippen LogP contribution >= 0.6 is 0 Å². The van der Waals surface area contributed by atoms with E-state index in [1.54, 1.807) is 26.0 Å². The number of aromatic hydroxyl groups is 1. The van der Waals surface area contributed by atoms with E-state index in [-0.39, 0.29) is 24.0 Å². The topological polar surface area (TPSA) is 171 Å². The number of benzene rings is 1. The molecule has 1 aromatic rings. The Bertz CT molecular complexity index is 794. The number of hydrogen-bond donors (Lipinski definition) is 6. The molecule has 0 radical (unpaired) electrons. The second-order valence-electron chi connectivity index (χ2n) is 8.51. The molecular weight excluding hydrogens is 416 g/mol. The Morgan fingerprint density at radius 2 is 1.56 bits per heavy atom. The van der Waals surface area contributed by atoms with Gasteiger partial charge in [-0.25, -0.2) is 4.79 Å². The van der Waals surface area contributed by atoms with Gasteiger partial charge in [-0.2, -0.15) is 0 Å². The van der Waals surface area contributed by atoms with Gasteiger partial charge in [-0.3, -0.25) is 14.4 Å². The maximum Gasteiger partial charge on any atom is 0.326 e. The maximum absolute atomic E-state index is 12.5. The van der Waals surface area contributed by atoms with E-state index in [2.05, 4.69) is 16.0 Å². The first kappa shape index (κ1) is 26.9. The zero-order valence-corrected chi connectivity index (χ0v) is 18.9. The van der Waals surface area contributed by atoms with Gasteiger partial charge in [0.2, 0.25) is 17.7 Å². The summed E-state index contributed by atoms with van der Waals surface area (Å²) in [6.07, 6.45) is 0.478. The molecular formula is C22H34N4O6. The number of aliphatic carboxylic acids is 1. The molecule has 0 fully saturated rings. The summed E-state index contributed by atoms with van der Waals surface area (Å²) in [7, 11) is 0. The molecule has 3 amide bonds. The van der Waals surface area contributed by atoms with Gasteiger partial charge in [0.05, 0.1) is 12.6 Å². The molecule has 0 aliphatic heterocycles. The molecule has 178 valence electrons. The maximum atomic E-state index is 12.5. The zero-order valence-electron chi connectivity index (χ0n) is 18.9. The highest BCUT2D eigenvalue weighted by Crippen LogP contribution is 2.11. The number of amides is 3. The Morgan fingerprint density at radius 3 is 2.06 bits per heavy atom. The van der Waals surface area contributed by atoms with Gasteiger partial charge in [0.15, 0.2) is 0 Å². The zero-order chi connectivity index (χ0) is 24.4. The van der Waals surface area contributed by atoms with Crippen molar-refractivity contribution >= 4 is 23.7 Å². The second kappa shape index (κ2) is 12.7. The van der Waals surface area contributed by atoms with E-state index in [4.69, 9.17) is 5.73 Å². The van der Waals surface area contributed by atoms with Crippen LogP contribution in [-0.2, 0) is 25.6 Å². The molecule has 0 aromatic heterocycles. The van der Waals surface area contributed by atoms with Gasteiger partial charge in [0, 0.05) is 6.42 Å². The van der Waals surface area contributed by atoms with Crippen molar-refractivity contribution in [2.45, 2.75) is 58.7 Å². The molecule has 7 N–H and O–H groups in total. The van der Waals surface area contributed by atoms with Crippen molar-refractivity contribution in [3.63, 3.8) is 0 Å². The summed E-state index contributed by atoms with van der Waals surface area (Å²) in [4.78, 5) is 48.5. The van der Waals surface area contributed by atoms with E-state index >= 15 is 0 Å². The van der Waals surface area contributed by atoms with Crippen LogP contribution in [0.2, 0.25) is 0 Å². The molecule has 0 heterocycles. The van der Waals surface area contributed by atoms with Crippen LogP contribution in [0, 0.1) is 11.8 Å². The fraction of sp³-hybridized carbons (Fsp3) is 0.545. The van der Waals surface area contributed by atoms with E-state index in [1.807, 2.05) is 13.8 Å². The van der Waals surface area contributed by atoms with Gasteiger partial charge in [-0.05, 0) is 36.0 Å². The van der Waals surface area contributed by atoms with Gasteiger partial charge in [0.1, 0.15) is 17.8 Å². The molecule has 0 spiro atoms. The van der Waals surface area contributed by atoms with E-state index in [0.717, 1.165) is 0 Å². The van der Waals surface area contributed by atoms with Gasteiger partial charge in [-0.1, -0.05) is 39.8 Å². The van der Waals surface area contributed by atoms with Crippen LogP contribution in [0.1, 0.15) is 39.7 Å². The standard InChI is InChI=1S/C22H34N4O6/c1-12(2)9-16(23)20(29)26-19(13(3)4)21(30)24-11-18(28)25-17(22(31)32)10-14-5-7-15(27)8-6-14/h5-8,12-13,16-17,19,27H,9-11,23H2,1-4H3,(H,24,30)(H,25,28)(H,26,29)(H,31,32). The summed E-state index contributed by atoms with van der Waals surface area (Å²) in [5.74, 6) is -2.92. The molecule has 0 saturated carbocycles. The first-order valence-corrected chi connectivity index (χ1v) is 10.5. The third-order valence-corrected chi connectivity index (χ3v) is 4.74. The normalized spacial score (nSPS) is 13.8. The first-order valence-electron chi connectivity index (χ1n) is 10.5. The van der Waals surface area contributed by atoms with Crippen molar-refractivity contribution < 1.29 is 29.4 Å². The summed E-state index contributed by atoms with van der Waals surface area (Å²) >= 11 is 0. The summed E-state index contributed by atoms with van der Waals surface area (Å²) in [5, 5.41) is 26.1. The molecule has 10 heteroatoms. The molecule has 0 aliphatic rings. The Morgan fingerprint density at radius 1 is 0.969 bits per heavy atom. The van der Waals surface area contributed by atoms with Crippen molar-refractivity contribution in [2.24, 2.45) is 17.6 Å². The number of hydrogen-bond acceptors (Lipinski definition) is 6. The predicted octanol–water partition coefficient (Wildman–Crippen LogP) is 0.135. The average Bonchev–Trinajstić information content (AvgIpc) is 2.70. The number of phenolic OH excluding ortho intramolecular Hbond substituents is 1. The molecule has 0 bridgehead atoms. The molecule has 32 heavy (non-hydrogen) atoms. The van der Waals surface area contributed by atoms with Crippen molar-refractivity contribution in [1.82, 2.24) is 16.0 Å². The minimum absolute atomic E-state index is 0.00765. The molecule has 3 atom stereocenters. The number of carboxylic acid groups (broad SMARTS) is 1. The molecule has 1 rings (SSSR count). The van der Waals surface area contributed by atoms with E-state index in [1.165, 1.54) is 12.1 Å². The lowest BCUT2D eigenvalue weighted by Gasteiger charge is -2.24.